The lowest BCUT2D eigenvalue weighted by Crippen LogP contribution is -1.90. The Balaban J connectivity index is 2.06. The number of rotatable bonds is 5. The maximum Gasteiger partial charge on any atom is 0.0234 e. The molecule has 0 saturated carbocycles. The van der Waals surface area contributed by atoms with E-state index in [4.69, 9.17) is 0 Å². The maximum atomic E-state index is 3.81. The zero-order valence-corrected chi connectivity index (χ0v) is 10.6. The first kappa shape index (κ1) is 12.0. The first-order valence-electron chi connectivity index (χ1n) is 5.75. The number of allylic oxidation sites excluding steroid dienone is 1. The van der Waals surface area contributed by atoms with Crippen molar-refractivity contribution in [1.82, 2.24) is 0 Å². The van der Waals surface area contributed by atoms with Crippen LogP contribution in [0.25, 0.3) is 0 Å². The summed E-state index contributed by atoms with van der Waals surface area (Å²) in [7, 11) is 0. The second-order valence-electron chi connectivity index (χ2n) is 3.86. The molecule has 17 heavy (non-hydrogen) atoms. The molecule has 0 heterocycles. The van der Waals surface area contributed by atoms with Gasteiger partial charge in [0.15, 0.2) is 0 Å². The van der Waals surface area contributed by atoms with Crippen LogP contribution < -0.4 is 0 Å². The normalized spacial score (nSPS) is 10.1. The molecule has 0 nitrogen and oxygen atoms in total. The lowest BCUT2D eigenvalue weighted by Gasteiger charge is -2.07. The molecule has 0 aliphatic carbocycles. The highest BCUT2D eigenvalue weighted by molar-refractivity contribution is 7.98. The van der Waals surface area contributed by atoms with Crippen molar-refractivity contribution in [3.63, 3.8) is 0 Å². The largest absolute Gasteiger partial charge is 0.121 e. The Morgan fingerprint density at radius 1 is 0.882 bits per heavy atom. The first-order valence-corrected chi connectivity index (χ1v) is 6.74. The lowest BCUT2D eigenvalue weighted by molar-refractivity contribution is 1.20. The van der Waals surface area contributed by atoms with E-state index in [0.717, 1.165) is 12.2 Å². The quantitative estimate of drug-likeness (QED) is 0.539. The molecule has 0 aliphatic heterocycles. The second-order valence-corrected chi connectivity index (χ2v) is 4.91. The van der Waals surface area contributed by atoms with Gasteiger partial charge in [-0.2, -0.15) is 0 Å². The number of thioether (sulfide) groups is 1. The molecule has 0 unspecified atom stereocenters. The van der Waals surface area contributed by atoms with Gasteiger partial charge in [0, 0.05) is 10.6 Å². The molecular weight excluding hydrogens is 224 g/mol. The molecule has 86 valence electrons. The van der Waals surface area contributed by atoms with E-state index < -0.39 is 0 Å². The van der Waals surface area contributed by atoms with Gasteiger partial charge in [-0.25, -0.2) is 0 Å². The van der Waals surface area contributed by atoms with Gasteiger partial charge in [-0.1, -0.05) is 48.5 Å². The van der Waals surface area contributed by atoms with E-state index in [-0.39, 0.29) is 0 Å². The van der Waals surface area contributed by atoms with Crippen LogP contribution in [0.4, 0.5) is 0 Å². The van der Waals surface area contributed by atoms with E-state index >= 15 is 0 Å². The Bertz CT molecular complexity index is 474. The van der Waals surface area contributed by atoms with Crippen molar-refractivity contribution < 1.29 is 0 Å². The van der Waals surface area contributed by atoms with E-state index in [1.54, 1.807) is 0 Å². The summed E-state index contributed by atoms with van der Waals surface area (Å²) in [6.07, 6.45) is 2.91. The molecule has 0 N–H and O–H groups in total. The minimum absolute atomic E-state index is 0.950. The van der Waals surface area contributed by atoms with Crippen LogP contribution in [0.2, 0.25) is 0 Å². The van der Waals surface area contributed by atoms with Crippen molar-refractivity contribution in [2.24, 2.45) is 0 Å². The van der Waals surface area contributed by atoms with Crippen molar-refractivity contribution in [2.75, 3.05) is 0 Å². The summed E-state index contributed by atoms with van der Waals surface area (Å²) in [4.78, 5) is 1.32. The van der Waals surface area contributed by atoms with E-state index in [2.05, 4.69) is 61.2 Å². The summed E-state index contributed by atoms with van der Waals surface area (Å²) in [5, 5.41) is 0. The Labute approximate surface area is 107 Å². The molecule has 0 saturated heterocycles. The monoisotopic (exact) mass is 240 g/mol. The SMILES string of the molecule is C=CCc1ccccc1CSc1ccccc1. The van der Waals surface area contributed by atoms with Gasteiger partial charge in [0.1, 0.15) is 0 Å². The van der Waals surface area contributed by atoms with Crippen molar-refractivity contribution in [1.29, 1.82) is 0 Å². The molecule has 2 aromatic carbocycles. The molecule has 0 aromatic heterocycles. The molecule has 0 aliphatic rings. The smallest absolute Gasteiger partial charge is 0.0234 e. The Kier molecular flexibility index (Phi) is 4.45. The summed E-state index contributed by atoms with van der Waals surface area (Å²) in [6, 6.07) is 19.1. The lowest BCUT2D eigenvalue weighted by atomic mass is 10.1. The molecule has 2 rings (SSSR count). The highest BCUT2D eigenvalue weighted by atomic mass is 32.2. The molecule has 0 bridgehead atoms. The molecule has 0 fully saturated rings. The Morgan fingerprint density at radius 2 is 1.53 bits per heavy atom. The minimum atomic E-state index is 0.950. The van der Waals surface area contributed by atoms with Gasteiger partial charge in [-0.15, -0.1) is 18.3 Å². The zero-order valence-electron chi connectivity index (χ0n) is 9.80. The Hall–Kier alpha value is -1.47. The summed E-state index contributed by atoms with van der Waals surface area (Å²) in [6.45, 7) is 3.81. The average Bonchev–Trinajstić information content (AvgIpc) is 2.39. The van der Waals surface area contributed by atoms with Gasteiger partial charge in [0.2, 0.25) is 0 Å². The molecular formula is C16H16S. The molecule has 2 aromatic rings. The third-order valence-electron chi connectivity index (χ3n) is 2.62. The standard InChI is InChI=1S/C16H16S/c1-2-8-14-9-6-7-10-15(14)13-17-16-11-4-3-5-12-16/h2-7,9-12H,1,8,13H2. The summed E-state index contributed by atoms with van der Waals surface area (Å²) in [5.41, 5.74) is 2.78. The topological polar surface area (TPSA) is 0 Å². The molecule has 0 amide bonds. The van der Waals surface area contributed by atoms with E-state index in [1.807, 2.05) is 17.8 Å². The van der Waals surface area contributed by atoms with Crippen molar-refractivity contribution >= 4 is 11.8 Å². The maximum absolute atomic E-state index is 3.81. The van der Waals surface area contributed by atoms with Gasteiger partial charge in [-0.05, 0) is 29.7 Å². The fourth-order valence-corrected chi connectivity index (χ4v) is 2.68. The first-order chi connectivity index (χ1) is 8.40. The van der Waals surface area contributed by atoms with Crippen molar-refractivity contribution in [3.8, 4) is 0 Å². The third-order valence-corrected chi connectivity index (χ3v) is 3.68. The fraction of sp³-hybridized carbons (Fsp3) is 0.125. The number of benzene rings is 2. The molecule has 0 spiro atoms. The van der Waals surface area contributed by atoms with Crippen LogP contribution in [-0.2, 0) is 12.2 Å². The van der Waals surface area contributed by atoms with Gasteiger partial charge < -0.3 is 0 Å². The predicted octanol–water partition coefficient (Wildman–Crippen LogP) is 4.71. The van der Waals surface area contributed by atoms with Gasteiger partial charge in [0.05, 0.1) is 0 Å². The van der Waals surface area contributed by atoms with Crippen molar-refractivity contribution in [3.05, 3.63) is 78.4 Å². The van der Waals surface area contributed by atoms with Crippen molar-refractivity contribution in [2.45, 2.75) is 17.1 Å². The molecule has 1 heteroatoms. The van der Waals surface area contributed by atoms with Gasteiger partial charge in [-0.3, -0.25) is 0 Å². The highest BCUT2D eigenvalue weighted by Crippen LogP contribution is 2.24. The zero-order chi connectivity index (χ0) is 11.9. The molecule has 0 radical (unpaired) electrons. The number of hydrogen-bond donors (Lipinski definition) is 0. The summed E-state index contributed by atoms with van der Waals surface area (Å²) in [5.74, 6) is 1.02. The van der Waals surface area contributed by atoms with Crippen LogP contribution in [0, 0.1) is 0 Å². The predicted molar refractivity (Wildman–Crippen MR) is 76.3 cm³/mol. The molecule has 0 atom stereocenters. The van der Waals surface area contributed by atoms with E-state index in [1.165, 1.54) is 16.0 Å². The average molecular weight is 240 g/mol. The van der Waals surface area contributed by atoms with Gasteiger partial charge >= 0.3 is 0 Å². The third kappa shape index (κ3) is 3.50. The minimum Gasteiger partial charge on any atom is -0.121 e. The van der Waals surface area contributed by atoms with Crippen LogP contribution in [-0.4, -0.2) is 0 Å². The second kappa shape index (κ2) is 6.31. The number of hydrogen-bond acceptors (Lipinski definition) is 1. The highest BCUT2D eigenvalue weighted by Gasteiger charge is 2.00. The van der Waals surface area contributed by atoms with Crippen LogP contribution in [0.5, 0.6) is 0 Å². The van der Waals surface area contributed by atoms with E-state index in [9.17, 15) is 0 Å². The van der Waals surface area contributed by atoms with Crippen LogP contribution in [0.15, 0.2) is 72.1 Å². The summed E-state index contributed by atoms with van der Waals surface area (Å²) >= 11 is 1.88. The summed E-state index contributed by atoms with van der Waals surface area (Å²) < 4.78 is 0. The van der Waals surface area contributed by atoms with Crippen LogP contribution in [0.3, 0.4) is 0 Å². The van der Waals surface area contributed by atoms with Crippen LogP contribution in [0.1, 0.15) is 11.1 Å². The van der Waals surface area contributed by atoms with E-state index in [0.29, 0.717) is 0 Å². The Morgan fingerprint density at radius 3 is 2.24 bits per heavy atom. The fourth-order valence-electron chi connectivity index (χ4n) is 1.73. The van der Waals surface area contributed by atoms with Crippen LogP contribution >= 0.6 is 11.8 Å². The van der Waals surface area contributed by atoms with Gasteiger partial charge in [0.25, 0.3) is 0 Å².